The highest BCUT2D eigenvalue weighted by atomic mass is 33.1. The Morgan fingerprint density at radius 1 is 0.800 bits per heavy atom. The maximum atomic E-state index is 9.06. The van der Waals surface area contributed by atoms with Gasteiger partial charge in [0.2, 0.25) is 0 Å². The minimum Gasteiger partial charge on any atom is -0.396 e. The van der Waals surface area contributed by atoms with Gasteiger partial charge in [-0.05, 0) is 57.7 Å². The van der Waals surface area contributed by atoms with E-state index in [1.807, 2.05) is 24.3 Å². The topological polar surface area (TPSA) is 66.2 Å². The highest BCUT2D eigenvalue weighted by molar-refractivity contribution is 8.76. The zero-order chi connectivity index (χ0) is 14.2. The maximum absolute atomic E-state index is 9.06. The molecule has 2 aromatic heterocycles. The molecule has 2 N–H and O–H groups in total. The summed E-state index contributed by atoms with van der Waals surface area (Å²) in [5, 5.41) is 19.9. The first-order chi connectivity index (χ1) is 9.85. The van der Waals surface area contributed by atoms with E-state index >= 15 is 0 Å². The molecule has 0 aliphatic rings. The number of aliphatic hydroxyl groups excluding tert-OH is 2. The van der Waals surface area contributed by atoms with Gasteiger partial charge in [0.1, 0.15) is 10.1 Å². The van der Waals surface area contributed by atoms with E-state index in [4.69, 9.17) is 10.2 Å². The second-order valence-electron chi connectivity index (χ2n) is 4.05. The van der Waals surface area contributed by atoms with Crippen molar-refractivity contribution >= 4 is 21.6 Å². The van der Waals surface area contributed by atoms with Crippen LogP contribution in [0.4, 0.5) is 0 Å². The molecule has 20 heavy (non-hydrogen) atoms. The van der Waals surface area contributed by atoms with Crippen LogP contribution in [-0.4, -0.2) is 33.4 Å². The molecule has 0 aliphatic carbocycles. The Labute approximate surface area is 126 Å². The van der Waals surface area contributed by atoms with Gasteiger partial charge in [-0.15, -0.1) is 0 Å². The van der Waals surface area contributed by atoms with E-state index in [0.29, 0.717) is 12.8 Å². The summed E-state index contributed by atoms with van der Waals surface area (Å²) in [5.74, 6) is 0. The average Bonchev–Trinajstić information content (AvgIpc) is 2.48. The summed E-state index contributed by atoms with van der Waals surface area (Å²) in [4.78, 5) is 8.68. The minimum atomic E-state index is 0.114. The molecule has 0 saturated carbocycles. The molecule has 6 heteroatoms. The number of pyridine rings is 2. The average molecular weight is 308 g/mol. The molecule has 0 fully saturated rings. The van der Waals surface area contributed by atoms with Gasteiger partial charge in [-0.2, -0.15) is 0 Å². The molecular weight excluding hydrogens is 292 g/mol. The third-order valence-corrected chi connectivity index (χ3v) is 4.99. The van der Waals surface area contributed by atoms with Gasteiger partial charge in [0.05, 0.1) is 0 Å². The van der Waals surface area contributed by atoms with E-state index in [9.17, 15) is 0 Å². The first kappa shape index (κ1) is 15.3. The molecule has 4 nitrogen and oxygen atoms in total. The Morgan fingerprint density at radius 3 is 1.65 bits per heavy atom. The second-order valence-corrected chi connectivity index (χ2v) is 6.16. The lowest BCUT2D eigenvalue weighted by Crippen LogP contribution is -1.96. The lowest BCUT2D eigenvalue weighted by atomic mass is 10.2. The van der Waals surface area contributed by atoms with Gasteiger partial charge in [-0.25, -0.2) is 9.97 Å². The van der Waals surface area contributed by atoms with Gasteiger partial charge in [-0.1, -0.05) is 12.1 Å². The Morgan fingerprint density at radius 2 is 1.25 bits per heavy atom. The number of hydrogen-bond acceptors (Lipinski definition) is 6. The van der Waals surface area contributed by atoms with Crippen molar-refractivity contribution in [3.8, 4) is 0 Å². The maximum Gasteiger partial charge on any atom is 0.110 e. The van der Waals surface area contributed by atoms with Gasteiger partial charge >= 0.3 is 0 Å². The van der Waals surface area contributed by atoms with E-state index < -0.39 is 0 Å². The highest BCUT2D eigenvalue weighted by Gasteiger charge is 2.08. The number of aliphatic hydroxyl groups is 2. The predicted molar refractivity (Wildman–Crippen MR) is 81.8 cm³/mol. The van der Waals surface area contributed by atoms with Gasteiger partial charge in [0.15, 0.2) is 0 Å². The molecule has 2 rings (SSSR count). The largest absolute Gasteiger partial charge is 0.396 e. The van der Waals surface area contributed by atoms with Crippen molar-refractivity contribution in [2.24, 2.45) is 0 Å². The van der Waals surface area contributed by atoms with Crippen molar-refractivity contribution in [2.75, 3.05) is 13.2 Å². The molecule has 2 heterocycles. The first-order valence-corrected chi connectivity index (χ1v) is 8.44. The molecule has 0 bridgehead atoms. The zero-order valence-electron chi connectivity index (χ0n) is 10.9. The fourth-order valence-corrected chi connectivity index (χ4v) is 3.99. The van der Waals surface area contributed by atoms with Crippen LogP contribution in [-0.2, 0) is 12.8 Å². The van der Waals surface area contributed by atoms with Crippen LogP contribution in [0.15, 0.2) is 46.7 Å². The quantitative estimate of drug-likeness (QED) is 0.765. The number of hydrogen-bond donors (Lipinski definition) is 2. The summed E-state index contributed by atoms with van der Waals surface area (Å²) >= 11 is 0. The third kappa shape index (κ3) is 4.21. The van der Waals surface area contributed by atoms with Crippen LogP contribution in [0.3, 0.4) is 0 Å². The summed E-state index contributed by atoms with van der Waals surface area (Å²) in [6.07, 6.45) is 4.69. The van der Waals surface area contributed by atoms with Crippen LogP contribution < -0.4 is 0 Å². The van der Waals surface area contributed by atoms with Gasteiger partial charge in [0.25, 0.3) is 0 Å². The Kier molecular flexibility index (Phi) is 6.32. The Bertz CT molecular complexity index is 503. The SMILES string of the molecule is OCCc1cccnc1SSc1ncccc1CCO. The highest BCUT2D eigenvalue weighted by Crippen LogP contribution is 2.38. The van der Waals surface area contributed by atoms with Crippen LogP contribution in [0, 0.1) is 0 Å². The number of aromatic nitrogens is 2. The lowest BCUT2D eigenvalue weighted by molar-refractivity contribution is 0.298. The van der Waals surface area contributed by atoms with Crippen molar-refractivity contribution in [3.63, 3.8) is 0 Å². The van der Waals surface area contributed by atoms with E-state index in [1.54, 1.807) is 12.4 Å². The van der Waals surface area contributed by atoms with Gasteiger partial charge in [-0.3, -0.25) is 0 Å². The summed E-state index contributed by atoms with van der Waals surface area (Å²) in [6.45, 7) is 0.229. The molecule has 0 spiro atoms. The Balaban J connectivity index is 2.09. The van der Waals surface area contributed by atoms with Crippen LogP contribution in [0.5, 0.6) is 0 Å². The van der Waals surface area contributed by atoms with Crippen LogP contribution >= 0.6 is 21.6 Å². The van der Waals surface area contributed by atoms with E-state index in [0.717, 1.165) is 21.2 Å². The van der Waals surface area contributed by atoms with Gasteiger partial charge < -0.3 is 10.2 Å². The van der Waals surface area contributed by atoms with Crippen molar-refractivity contribution in [1.29, 1.82) is 0 Å². The third-order valence-electron chi connectivity index (χ3n) is 2.66. The molecular formula is C14H16N2O2S2. The lowest BCUT2D eigenvalue weighted by Gasteiger charge is -2.08. The van der Waals surface area contributed by atoms with Gasteiger partial charge in [0, 0.05) is 25.6 Å². The summed E-state index contributed by atoms with van der Waals surface area (Å²) < 4.78 is 0. The smallest absolute Gasteiger partial charge is 0.110 e. The molecule has 0 atom stereocenters. The van der Waals surface area contributed by atoms with Crippen molar-refractivity contribution in [3.05, 3.63) is 47.8 Å². The summed E-state index contributed by atoms with van der Waals surface area (Å²) in [7, 11) is 3.06. The fourth-order valence-electron chi connectivity index (χ4n) is 1.70. The number of rotatable bonds is 7. The molecule has 0 aliphatic heterocycles. The van der Waals surface area contributed by atoms with Crippen LogP contribution in [0.1, 0.15) is 11.1 Å². The normalized spacial score (nSPS) is 10.7. The molecule has 2 aromatic rings. The van der Waals surface area contributed by atoms with Crippen molar-refractivity contribution < 1.29 is 10.2 Å². The van der Waals surface area contributed by atoms with Crippen molar-refractivity contribution in [2.45, 2.75) is 22.9 Å². The molecule has 0 saturated heterocycles. The molecule has 0 unspecified atom stereocenters. The standard InChI is InChI=1S/C14H16N2O2S2/c17-9-5-11-3-1-7-15-13(11)19-20-14-12(6-10-18)4-2-8-16-14/h1-4,7-8,17-18H,5-6,9-10H2. The van der Waals surface area contributed by atoms with E-state index in [-0.39, 0.29) is 13.2 Å². The summed E-state index contributed by atoms with van der Waals surface area (Å²) in [6, 6.07) is 7.69. The molecule has 0 aromatic carbocycles. The fraction of sp³-hybridized carbons (Fsp3) is 0.286. The van der Waals surface area contributed by atoms with E-state index in [1.165, 1.54) is 21.6 Å². The number of nitrogens with zero attached hydrogens (tertiary/aromatic N) is 2. The van der Waals surface area contributed by atoms with Crippen LogP contribution in [0.2, 0.25) is 0 Å². The molecule has 0 radical (unpaired) electrons. The second kappa shape index (κ2) is 8.26. The first-order valence-electron chi connectivity index (χ1n) is 6.29. The molecule has 0 amide bonds. The monoisotopic (exact) mass is 308 g/mol. The van der Waals surface area contributed by atoms with E-state index in [2.05, 4.69) is 9.97 Å². The summed E-state index contributed by atoms with van der Waals surface area (Å²) in [5.41, 5.74) is 2.07. The zero-order valence-corrected chi connectivity index (χ0v) is 12.5. The Hall–Kier alpha value is -1.08. The molecule has 106 valence electrons. The van der Waals surface area contributed by atoms with Crippen molar-refractivity contribution in [1.82, 2.24) is 9.97 Å². The minimum absolute atomic E-state index is 0.114. The van der Waals surface area contributed by atoms with Crippen LogP contribution in [0.25, 0.3) is 0 Å². The predicted octanol–water partition coefficient (Wildman–Crippen LogP) is 2.35.